The van der Waals surface area contributed by atoms with Crippen LogP contribution in [0.3, 0.4) is 0 Å². The number of nitrogens with zero attached hydrogens (tertiary/aromatic N) is 1. The van der Waals surface area contributed by atoms with Crippen molar-refractivity contribution in [3.63, 3.8) is 0 Å². The van der Waals surface area contributed by atoms with Crippen molar-refractivity contribution >= 4 is 5.91 Å². The minimum Gasteiger partial charge on any atom is -0.497 e. The molecule has 2 aliphatic rings. The Morgan fingerprint density at radius 1 is 1.19 bits per heavy atom. The van der Waals surface area contributed by atoms with E-state index in [4.69, 9.17) is 9.47 Å². The summed E-state index contributed by atoms with van der Waals surface area (Å²) in [4.78, 5) is 15.2. The molecule has 0 bridgehead atoms. The Bertz CT molecular complexity index is 789. The lowest BCUT2D eigenvalue weighted by molar-refractivity contribution is -0.137. The fraction of sp³-hybridized carbons (Fsp3) is 0.409. The number of hydrogen-bond acceptors (Lipinski definition) is 3. The largest absolute Gasteiger partial charge is 0.497 e. The van der Waals surface area contributed by atoms with E-state index in [1.807, 2.05) is 24.3 Å². The standard InChI is InChI=1S/C22H25NO3/c1-15-20(16-6-4-3-5-7-16)10-11-23(15)22(24)18-12-17-8-9-19(25-2)13-21(17)26-14-18/h3-9,13,15,18,20H,10-12,14H2,1-2H3. The van der Waals surface area contributed by atoms with Crippen LogP contribution in [0.2, 0.25) is 0 Å². The summed E-state index contributed by atoms with van der Waals surface area (Å²) in [6.07, 6.45) is 1.76. The van der Waals surface area contributed by atoms with Gasteiger partial charge in [0.05, 0.1) is 13.0 Å². The van der Waals surface area contributed by atoms with Gasteiger partial charge in [-0.3, -0.25) is 4.79 Å². The van der Waals surface area contributed by atoms with Crippen LogP contribution in [0.5, 0.6) is 11.5 Å². The van der Waals surface area contributed by atoms with Crippen molar-refractivity contribution in [2.75, 3.05) is 20.3 Å². The predicted octanol–water partition coefficient (Wildman–Crippen LogP) is 3.65. The Morgan fingerprint density at radius 2 is 2.00 bits per heavy atom. The molecule has 136 valence electrons. The second kappa shape index (κ2) is 7.02. The summed E-state index contributed by atoms with van der Waals surface area (Å²) >= 11 is 0. The van der Waals surface area contributed by atoms with Crippen molar-refractivity contribution in [1.82, 2.24) is 4.90 Å². The summed E-state index contributed by atoms with van der Waals surface area (Å²) in [6, 6.07) is 16.6. The average molecular weight is 351 g/mol. The molecule has 0 N–H and O–H groups in total. The van der Waals surface area contributed by atoms with Gasteiger partial charge in [0.1, 0.15) is 18.1 Å². The van der Waals surface area contributed by atoms with E-state index in [9.17, 15) is 4.79 Å². The maximum Gasteiger partial charge on any atom is 0.229 e. The number of benzene rings is 2. The molecule has 0 aromatic heterocycles. The number of methoxy groups -OCH3 is 1. The molecule has 26 heavy (non-hydrogen) atoms. The monoisotopic (exact) mass is 351 g/mol. The second-order valence-electron chi connectivity index (χ2n) is 7.26. The van der Waals surface area contributed by atoms with E-state index >= 15 is 0 Å². The van der Waals surface area contributed by atoms with Gasteiger partial charge in [-0.25, -0.2) is 0 Å². The van der Waals surface area contributed by atoms with Gasteiger partial charge in [0.25, 0.3) is 0 Å². The molecule has 4 rings (SSSR count). The highest BCUT2D eigenvalue weighted by molar-refractivity contribution is 5.80. The minimum atomic E-state index is -0.104. The summed E-state index contributed by atoms with van der Waals surface area (Å²) in [5.41, 5.74) is 2.41. The van der Waals surface area contributed by atoms with Gasteiger partial charge in [-0.1, -0.05) is 36.4 Å². The number of hydrogen-bond donors (Lipinski definition) is 0. The van der Waals surface area contributed by atoms with E-state index in [0.717, 1.165) is 36.4 Å². The van der Waals surface area contributed by atoms with Gasteiger partial charge in [0.2, 0.25) is 5.91 Å². The van der Waals surface area contributed by atoms with Crippen LogP contribution in [-0.2, 0) is 11.2 Å². The Kier molecular flexibility index (Phi) is 4.58. The fourth-order valence-electron chi connectivity index (χ4n) is 4.27. The molecule has 4 nitrogen and oxygen atoms in total. The van der Waals surface area contributed by atoms with Crippen molar-refractivity contribution in [1.29, 1.82) is 0 Å². The molecule has 0 saturated carbocycles. The Morgan fingerprint density at radius 3 is 2.77 bits per heavy atom. The lowest BCUT2D eigenvalue weighted by Gasteiger charge is -2.31. The summed E-state index contributed by atoms with van der Waals surface area (Å²) < 4.78 is 11.1. The first kappa shape index (κ1) is 17.0. The number of carbonyl (C=O) groups excluding carboxylic acids is 1. The van der Waals surface area contributed by atoms with Crippen LogP contribution < -0.4 is 9.47 Å². The van der Waals surface area contributed by atoms with E-state index < -0.39 is 0 Å². The molecule has 3 atom stereocenters. The van der Waals surface area contributed by atoms with Crippen LogP contribution in [0.4, 0.5) is 0 Å². The molecular formula is C22H25NO3. The smallest absolute Gasteiger partial charge is 0.229 e. The zero-order chi connectivity index (χ0) is 18.1. The summed E-state index contributed by atoms with van der Waals surface area (Å²) in [5, 5.41) is 0. The molecular weight excluding hydrogens is 326 g/mol. The second-order valence-corrected chi connectivity index (χ2v) is 7.26. The number of ether oxygens (including phenoxy) is 2. The highest BCUT2D eigenvalue weighted by Crippen LogP contribution is 2.36. The Hall–Kier alpha value is -2.49. The maximum absolute atomic E-state index is 13.1. The van der Waals surface area contributed by atoms with Crippen LogP contribution in [-0.4, -0.2) is 37.1 Å². The number of rotatable bonds is 3. The highest BCUT2D eigenvalue weighted by Gasteiger charge is 2.38. The molecule has 2 aliphatic heterocycles. The first-order valence-electron chi connectivity index (χ1n) is 9.32. The first-order valence-corrected chi connectivity index (χ1v) is 9.32. The predicted molar refractivity (Wildman–Crippen MR) is 101 cm³/mol. The average Bonchev–Trinajstić information content (AvgIpc) is 3.08. The number of likely N-dealkylation sites (tertiary alicyclic amines) is 1. The van der Waals surface area contributed by atoms with Crippen molar-refractivity contribution in [3.05, 3.63) is 59.7 Å². The quantitative estimate of drug-likeness (QED) is 0.847. The van der Waals surface area contributed by atoms with Crippen LogP contribution in [0.15, 0.2) is 48.5 Å². The van der Waals surface area contributed by atoms with Crippen LogP contribution >= 0.6 is 0 Å². The molecule has 2 heterocycles. The summed E-state index contributed by atoms with van der Waals surface area (Å²) in [6.45, 7) is 3.44. The highest BCUT2D eigenvalue weighted by atomic mass is 16.5. The molecule has 2 aromatic rings. The fourth-order valence-corrected chi connectivity index (χ4v) is 4.27. The maximum atomic E-state index is 13.1. The van der Waals surface area contributed by atoms with Crippen LogP contribution in [0.25, 0.3) is 0 Å². The summed E-state index contributed by atoms with van der Waals surface area (Å²) in [7, 11) is 1.65. The van der Waals surface area contributed by atoms with E-state index in [0.29, 0.717) is 12.5 Å². The zero-order valence-electron chi connectivity index (χ0n) is 15.4. The number of carbonyl (C=O) groups is 1. The SMILES string of the molecule is COc1ccc2c(c1)OCC(C(=O)N1CCC(c3ccccc3)C1C)C2. The minimum absolute atomic E-state index is 0.104. The number of amides is 1. The van der Waals surface area contributed by atoms with E-state index in [1.165, 1.54) is 5.56 Å². The van der Waals surface area contributed by atoms with Gasteiger partial charge in [-0.05, 0) is 37.0 Å². The molecule has 2 aromatic carbocycles. The molecule has 3 unspecified atom stereocenters. The van der Waals surface area contributed by atoms with Crippen LogP contribution in [0.1, 0.15) is 30.4 Å². The molecule has 0 aliphatic carbocycles. The van der Waals surface area contributed by atoms with Gasteiger partial charge in [-0.2, -0.15) is 0 Å². The molecule has 1 saturated heterocycles. The Labute approximate surface area is 154 Å². The lowest BCUT2D eigenvalue weighted by Crippen LogP contribution is -2.43. The first-order chi connectivity index (χ1) is 12.7. The normalized spacial score (nSPS) is 24.7. The third kappa shape index (κ3) is 3.05. The third-order valence-electron chi connectivity index (χ3n) is 5.80. The van der Waals surface area contributed by atoms with Gasteiger partial charge in [0.15, 0.2) is 0 Å². The molecule has 4 heteroatoms. The van der Waals surface area contributed by atoms with Crippen LogP contribution in [0, 0.1) is 5.92 Å². The zero-order valence-corrected chi connectivity index (χ0v) is 15.4. The molecule has 1 fully saturated rings. The van der Waals surface area contributed by atoms with Gasteiger partial charge in [0, 0.05) is 24.6 Å². The molecule has 0 radical (unpaired) electrons. The van der Waals surface area contributed by atoms with Gasteiger partial charge in [-0.15, -0.1) is 0 Å². The molecule has 1 amide bonds. The molecule has 0 spiro atoms. The lowest BCUT2D eigenvalue weighted by atomic mass is 9.92. The number of fused-ring (bicyclic) bond motifs is 1. The summed E-state index contributed by atoms with van der Waals surface area (Å²) in [5.74, 6) is 2.16. The van der Waals surface area contributed by atoms with E-state index in [1.54, 1.807) is 7.11 Å². The van der Waals surface area contributed by atoms with Gasteiger partial charge < -0.3 is 14.4 Å². The van der Waals surface area contributed by atoms with Crippen molar-refractivity contribution in [3.8, 4) is 11.5 Å². The van der Waals surface area contributed by atoms with E-state index in [2.05, 4.69) is 36.1 Å². The van der Waals surface area contributed by atoms with Crippen molar-refractivity contribution in [2.45, 2.75) is 31.7 Å². The van der Waals surface area contributed by atoms with Gasteiger partial charge >= 0.3 is 0 Å². The third-order valence-corrected chi connectivity index (χ3v) is 5.80. The Balaban J connectivity index is 1.46. The topological polar surface area (TPSA) is 38.8 Å². The van der Waals surface area contributed by atoms with Crippen molar-refractivity contribution in [2.24, 2.45) is 5.92 Å². The van der Waals surface area contributed by atoms with Crippen molar-refractivity contribution < 1.29 is 14.3 Å². The van der Waals surface area contributed by atoms with E-state index in [-0.39, 0.29) is 17.9 Å².